The van der Waals surface area contributed by atoms with Crippen molar-refractivity contribution in [3.05, 3.63) is 28.5 Å². The van der Waals surface area contributed by atoms with Crippen molar-refractivity contribution < 1.29 is 4.79 Å². The van der Waals surface area contributed by atoms with Crippen molar-refractivity contribution in [3.63, 3.8) is 0 Å². The van der Waals surface area contributed by atoms with Crippen LogP contribution in [0, 0.1) is 0 Å². The van der Waals surface area contributed by atoms with Crippen LogP contribution in [0.3, 0.4) is 0 Å². The van der Waals surface area contributed by atoms with E-state index >= 15 is 0 Å². The lowest BCUT2D eigenvalue weighted by atomic mass is 10.2. The Morgan fingerprint density at radius 2 is 2.33 bits per heavy atom. The molecule has 0 aliphatic carbocycles. The van der Waals surface area contributed by atoms with Crippen molar-refractivity contribution in [2.75, 3.05) is 0 Å². The third-order valence-electron chi connectivity index (χ3n) is 2.07. The molecule has 1 atom stereocenters. The van der Waals surface area contributed by atoms with Gasteiger partial charge in [-0.1, -0.05) is 13.3 Å². The number of aromatic nitrogens is 1. The third kappa shape index (κ3) is 4.00. The molecular formula is C11H15BrN2O. The molecule has 82 valence electrons. The van der Waals surface area contributed by atoms with Crippen LogP contribution in [-0.2, 0) is 0 Å². The minimum absolute atomic E-state index is 0.0650. The van der Waals surface area contributed by atoms with Crippen molar-refractivity contribution in [1.29, 1.82) is 0 Å². The number of carbonyl (C=O) groups is 1. The van der Waals surface area contributed by atoms with Crippen LogP contribution in [0.25, 0.3) is 0 Å². The highest BCUT2D eigenvalue weighted by atomic mass is 79.9. The summed E-state index contributed by atoms with van der Waals surface area (Å²) < 4.78 is 0.818. The first-order valence-electron chi connectivity index (χ1n) is 5.05. The molecule has 0 aromatic carbocycles. The van der Waals surface area contributed by atoms with Gasteiger partial charge in [-0.2, -0.15) is 0 Å². The van der Waals surface area contributed by atoms with E-state index in [-0.39, 0.29) is 11.9 Å². The molecule has 1 heterocycles. The number of rotatable bonds is 4. The fraction of sp³-hybridized carbons (Fsp3) is 0.455. The van der Waals surface area contributed by atoms with E-state index in [9.17, 15) is 4.79 Å². The van der Waals surface area contributed by atoms with Crippen LogP contribution in [0.2, 0.25) is 0 Å². The van der Waals surface area contributed by atoms with Gasteiger partial charge in [-0.15, -0.1) is 0 Å². The van der Waals surface area contributed by atoms with Crippen molar-refractivity contribution in [2.24, 2.45) is 0 Å². The van der Waals surface area contributed by atoms with Crippen LogP contribution in [0.1, 0.15) is 37.0 Å². The highest BCUT2D eigenvalue weighted by Crippen LogP contribution is 2.09. The van der Waals surface area contributed by atoms with Crippen LogP contribution in [-0.4, -0.2) is 16.9 Å². The summed E-state index contributed by atoms with van der Waals surface area (Å²) >= 11 is 3.28. The van der Waals surface area contributed by atoms with E-state index in [1.807, 2.05) is 6.92 Å². The van der Waals surface area contributed by atoms with E-state index in [2.05, 4.69) is 33.2 Å². The lowest BCUT2D eigenvalue weighted by Crippen LogP contribution is -2.32. The molecule has 4 heteroatoms. The van der Waals surface area contributed by atoms with Crippen LogP contribution >= 0.6 is 15.9 Å². The minimum Gasteiger partial charge on any atom is -0.350 e. The van der Waals surface area contributed by atoms with Crippen molar-refractivity contribution in [1.82, 2.24) is 10.3 Å². The Bertz CT molecular complexity index is 341. The molecule has 1 rings (SSSR count). The Hall–Kier alpha value is -0.900. The summed E-state index contributed by atoms with van der Waals surface area (Å²) in [5.41, 5.74) is 0.590. The maximum Gasteiger partial charge on any atom is 0.253 e. The van der Waals surface area contributed by atoms with Crippen molar-refractivity contribution >= 4 is 21.8 Å². The maximum absolute atomic E-state index is 11.7. The molecule has 1 aromatic heterocycles. The molecule has 0 aliphatic rings. The van der Waals surface area contributed by atoms with Gasteiger partial charge in [-0.05, 0) is 35.3 Å². The molecule has 0 bridgehead atoms. The molecule has 3 nitrogen and oxygen atoms in total. The molecule has 1 aromatic rings. The smallest absolute Gasteiger partial charge is 0.253 e. The lowest BCUT2D eigenvalue weighted by Gasteiger charge is -2.12. The fourth-order valence-corrected chi connectivity index (χ4v) is 1.71. The SMILES string of the molecule is CCC[C@H](C)NC(=O)c1cncc(Br)c1. The molecule has 0 radical (unpaired) electrons. The summed E-state index contributed by atoms with van der Waals surface area (Å²) in [6.45, 7) is 4.11. The molecule has 1 amide bonds. The number of halogens is 1. The summed E-state index contributed by atoms with van der Waals surface area (Å²) in [7, 11) is 0. The largest absolute Gasteiger partial charge is 0.350 e. The second kappa shape index (κ2) is 5.85. The number of nitrogens with zero attached hydrogens (tertiary/aromatic N) is 1. The lowest BCUT2D eigenvalue weighted by molar-refractivity contribution is 0.0938. The zero-order chi connectivity index (χ0) is 11.3. The van der Waals surface area contributed by atoms with Gasteiger partial charge in [-0.25, -0.2) is 0 Å². The summed E-state index contributed by atoms with van der Waals surface area (Å²) in [6, 6.07) is 1.97. The van der Waals surface area contributed by atoms with Gasteiger partial charge < -0.3 is 5.32 Å². The van der Waals surface area contributed by atoms with Gasteiger partial charge >= 0.3 is 0 Å². The quantitative estimate of drug-likeness (QED) is 0.914. The first-order valence-corrected chi connectivity index (χ1v) is 5.84. The monoisotopic (exact) mass is 270 g/mol. The first-order chi connectivity index (χ1) is 7.13. The minimum atomic E-state index is -0.0650. The van der Waals surface area contributed by atoms with Crippen LogP contribution in [0.15, 0.2) is 22.9 Å². The number of pyridine rings is 1. The summed E-state index contributed by atoms with van der Waals surface area (Å²) in [5.74, 6) is -0.0650. The standard InChI is InChI=1S/C11H15BrN2O/c1-3-4-8(2)14-11(15)9-5-10(12)7-13-6-9/h5-8H,3-4H2,1-2H3,(H,14,15)/t8-/m0/s1. The Labute approximate surface area is 98.4 Å². The Balaban J connectivity index is 2.61. The Morgan fingerprint density at radius 1 is 1.60 bits per heavy atom. The number of amides is 1. The molecule has 0 saturated carbocycles. The summed E-state index contributed by atoms with van der Waals surface area (Å²) in [6.07, 6.45) is 5.29. The zero-order valence-electron chi connectivity index (χ0n) is 8.96. The third-order valence-corrected chi connectivity index (χ3v) is 2.50. The van der Waals surface area contributed by atoms with E-state index in [4.69, 9.17) is 0 Å². The Morgan fingerprint density at radius 3 is 2.93 bits per heavy atom. The van der Waals surface area contributed by atoms with Gasteiger partial charge in [0.05, 0.1) is 5.56 Å². The molecule has 0 unspecified atom stereocenters. The molecule has 15 heavy (non-hydrogen) atoms. The topological polar surface area (TPSA) is 42.0 Å². The molecule has 0 fully saturated rings. The van der Waals surface area contributed by atoms with Crippen molar-refractivity contribution in [3.8, 4) is 0 Å². The highest BCUT2D eigenvalue weighted by Gasteiger charge is 2.09. The molecule has 0 aliphatic heterocycles. The second-order valence-corrected chi connectivity index (χ2v) is 4.47. The van der Waals surface area contributed by atoms with Gasteiger partial charge in [0.15, 0.2) is 0 Å². The van der Waals surface area contributed by atoms with Gasteiger partial charge in [-0.3, -0.25) is 9.78 Å². The molecule has 0 spiro atoms. The number of hydrogen-bond acceptors (Lipinski definition) is 2. The fourth-order valence-electron chi connectivity index (χ4n) is 1.35. The van der Waals surface area contributed by atoms with E-state index in [0.717, 1.165) is 17.3 Å². The predicted molar refractivity (Wildman–Crippen MR) is 63.8 cm³/mol. The van der Waals surface area contributed by atoms with E-state index < -0.39 is 0 Å². The van der Waals surface area contributed by atoms with Gasteiger partial charge in [0.1, 0.15) is 0 Å². The average molecular weight is 271 g/mol. The van der Waals surface area contributed by atoms with Gasteiger partial charge in [0, 0.05) is 22.9 Å². The van der Waals surface area contributed by atoms with Crippen LogP contribution < -0.4 is 5.32 Å². The van der Waals surface area contributed by atoms with E-state index in [1.165, 1.54) is 0 Å². The normalized spacial score (nSPS) is 12.2. The Kier molecular flexibility index (Phi) is 4.75. The average Bonchev–Trinajstić information content (AvgIpc) is 2.18. The van der Waals surface area contributed by atoms with Gasteiger partial charge in [0.2, 0.25) is 0 Å². The van der Waals surface area contributed by atoms with Gasteiger partial charge in [0.25, 0.3) is 5.91 Å². The molecular weight excluding hydrogens is 256 g/mol. The number of hydrogen-bond donors (Lipinski definition) is 1. The highest BCUT2D eigenvalue weighted by molar-refractivity contribution is 9.10. The predicted octanol–water partition coefficient (Wildman–Crippen LogP) is 2.76. The second-order valence-electron chi connectivity index (χ2n) is 3.56. The maximum atomic E-state index is 11.7. The first kappa shape index (κ1) is 12.2. The number of carbonyl (C=O) groups excluding carboxylic acids is 1. The van der Waals surface area contributed by atoms with Crippen molar-refractivity contribution in [2.45, 2.75) is 32.7 Å². The summed E-state index contributed by atoms with van der Waals surface area (Å²) in [4.78, 5) is 15.7. The molecule has 0 saturated heterocycles. The molecule has 1 N–H and O–H groups in total. The number of nitrogens with one attached hydrogen (secondary N) is 1. The summed E-state index contributed by atoms with van der Waals surface area (Å²) in [5, 5.41) is 2.92. The van der Waals surface area contributed by atoms with E-state index in [1.54, 1.807) is 18.5 Å². The van der Waals surface area contributed by atoms with Crippen LogP contribution in [0.5, 0.6) is 0 Å². The van der Waals surface area contributed by atoms with E-state index in [0.29, 0.717) is 5.56 Å². The zero-order valence-corrected chi connectivity index (χ0v) is 10.5. The van der Waals surface area contributed by atoms with Crippen LogP contribution in [0.4, 0.5) is 0 Å².